The molecule has 0 aliphatic rings. The summed E-state index contributed by atoms with van der Waals surface area (Å²) in [7, 11) is 0. The Morgan fingerprint density at radius 2 is 2.40 bits per heavy atom. The van der Waals surface area contributed by atoms with E-state index in [1.165, 1.54) is 10.8 Å². The van der Waals surface area contributed by atoms with Gasteiger partial charge in [-0.1, -0.05) is 6.92 Å². The highest BCUT2D eigenvalue weighted by atomic mass is 35.5. The summed E-state index contributed by atoms with van der Waals surface area (Å²) in [5, 5.41) is 10.4. The van der Waals surface area contributed by atoms with Gasteiger partial charge in [-0.15, -0.1) is 0 Å². The van der Waals surface area contributed by atoms with Crippen LogP contribution in [0.4, 0.5) is 5.82 Å². The molecule has 0 spiro atoms. The van der Waals surface area contributed by atoms with Crippen molar-refractivity contribution in [3.63, 3.8) is 0 Å². The van der Waals surface area contributed by atoms with Crippen LogP contribution in [-0.4, -0.2) is 20.3 Å². The number of ketones is 1. The third-order valence-corrected chi connectivity index (χ3v) is 2.23. The Kier molecular flexibility index (Phi) is 3.79. The van der Waals surface area contributed by atoms with Crippen molar-refractivity contribution < 1.29 is 9.72 Å². The topological polar surface area (TPSA) is 78.0 Å². The Labute approximate surface area is 91.0 Å². The number of nitro groups is 1. The summed E-state index contributed by atoms with van der Waals surface area (Å²) in [5.41, 5.74) is 0. The molecule has 0 aliphatic heterocycles. The van der Waals surface area contributed by atoms with Crippen molar-refractivity contribution in [3.8, 4) is 0 Å². The molecule has 15 heavy (non-hydrogen) atoms. The second kappa shape index (κ2) is 4.88. The van der Waals surface area contributed by atoms with Gasteiger partial charge in [0.05, 0.1) is 0 Å². The van der Waals surface area contributed by atoms with Crippen LogP contribution >= 0.6 is 11.6 Å². The fraction of sp³-hybridized carbons (Fsp3) is 0.500. The first-order chi connectivity index (χ1) is 7.04. The molecule has 1 aromatic heterocycles. The van der Waals surface area contributed by atoms with E-state index in [1.807, 2.05) is 0 Å². The van der Waals surface area contributed by atoms with Crippen LogP contribution in [0.25, 0.3) is 0 Å². The van der Waals surface area contributed by atoms with Crippen LogP contribution in [-0.2, 0) is 11.3 Å². The lowest BCUT2D eigenvalue weighted by atomic mass is 10.2. The minimum Gasteiger partial charge on any atom is -0.358 e. The van der Waals surface area contributed by atoms with Gasteiger partial charge in [-0.25, -0.2) is 0 Å². The van der Waals surface area contributed by atoms with E-state index >= 15 is 0 Å². The van der Waals surface area contributed by atoms with Gasteiger partial charge in [0.25, 0.3) is 0 Å². The Bertz CT molecular complexity index is 388. The number of aryl methyl sites for hydroxylation is 1. The van der Waals surface area contributed by atoms with Crippen molar-refractivity contribution in [1.82, 2.24) is 9.55 Å². The number of carbonyl (C=O) groups excluding carboxylic acids is 1. The van der Waals surface area contributed by atoms with Crippen molar-refractivity contribution in [2.45, 2.75) is 26.3 Å². The number of imidazole rings is 1. The number of rotatable bonds is 5. The van der Waals surface area contributed by atoms with Crippen LogP contribution in [0.1, 0.15) is 19.8 Å². The summed E-state index contributed by atoms with van der Waals surface area (Å²) in [6, 6.07) is 0. The van der Waals surface area contributed by atoms with Crippen LogP contribution < -0.4 is 0 Å². The zero-order valence-corrected chi connectivity index (χ0v) is 8.90. The predicted molar refractivity (Wildman–Crippen MR) is 53.8 cm³/mol. The highest BCUT2D eigenvalue weighted by Gasteiger charge is 2.16. The number of nitrogens with zero attached hydrogens (tertiary/aromatic N) is 3. The zero-order chi connectivity index (χ0) is 11.4. The summed E-state index contributed by atoms with van der Waals surface area (Å²) in [4.78, 5) is 24.3. The molecular weight excluding hydrogens is 222 g/mol. The van der Waals surface area contributed by atoms with Crippen LogP contribution in [0.3, 0.4) is 0 Å². The maximum Gasteiger partial charge on any atom is 0.383 e. The summed E-state index contributed by atoms with van der Waals surface area (Å²) in [5.74, 6) is -0.216. The van der Waals surface area contributed by atoms with Gasteiger partial charge in [-0.2, -0.15) is 0 Å². The van der Waals surface area contributed by atoms with Gasteiger partial charge in [0.1, 0.15) is 12.0 Å². The van der Waals surface area contributed by atoms with Crippen molar-refractivity contribution >= 4 is 23.2 Å². The Hall–Kier alpha value is -1.43. The first kappa shape index (κ1) is 11.6. The van der Waals surface area contributed by atoms with Crippen molar-refractivity contribution in [2.75, 3.05) is 0 Å². The number of aromatic nitrogens is 2. The molecule has 0 atom stereocenters. The normalized spacial score (nSPS) is 10.3. The van der Waals surface area contributed by atoms with Gasteiger partial charge in [0, 0.05) is 19.4 Å². The van der Waals surface area contributed by atoms with Crippen LogP contribution in [0.15, 0.2) is 6.20 Å². The molecule has 0 radical (unpaired) electrons. The molecule has 0 unspecified atom stereocenters. The molecule has 82 valence electrons. The van der Waals surface area contributed by atoms with E-state index in [-0.39, 0.29) is 16.9 Å². The molecule has 1 rings (SSSR count). The molecule has 6 nitrogen and oxygen atoms in total. The average molecular weight is 232 g/mol. The summed E-state index contributed by atoms with van der Waals surface area (Å²) >= 11 is 5.65. The Balaban J connectivity index is 2.69. The van der Waals surface area contributed by atoms with Gasteiger partial charge in [-0.3, -0.25) is 9.36 Å². The first-order valence-electron chi connectivity index (χ1n) is 4.43. The molecule has 0 bridgehead atoms. The largest absolute Gasteiger partial charge is 0.383 e. The van der Waals surface area contributed by atoms with E-state index in [0.717, 1.165) is 0 Å². The molecule has 0 aliphatic carbocycles. The van der Waals surface area contributed by atoms with Gasteiger partial charge in [0.2, 0.25) is 0 Å². The van der Waals surface area contributed by atoms with E-state index < -0.39 is 4.92 Å². The van der Waals surface area contributed by atoms with Crippen molar-refractivity contribution in [1.29, 1.82) is 0 Å². The van der Waals surface area contributed by atoms with Gasteiger partial charge >= 0.3 is 11.1 Å². The fourth-order valence-electron chi connectivity index (χ4n) is 1.05. The summed E-state index contributed by atoms with van der Waals surface area (Å²) in [6.07, 6.45) is 1.99. The number of hydrogen-bond donors (Lipinski definition) is 0. The number of carbonyl (C=O) groups is 1. The molecule has 0 saturated carbocycles. The molecule has 1 aromatic rings. The second-order valence-corrected chi connectivity index (χ2v) is 3.30. The maximum atomic E-state index is 11.0. The molecular formula is C8H10ClN3O3. The number of halogens is 1. The van der Waals surface area contributed by atoms with E-state index in [9.17, 15) is 14.9 Å². The zero-order valence-electron chi connectivity index (χ0n) is 8.14. The van der Waals surface area contributed by atoms with Crippen LogP contribution in [0, 0.1) is 10.1 Å². The lowest BCUT2D eigenvalue weighted by Crippen LogP contribution is -2.03. The second-order valence-electron chi connectivity index (χ2n) is 2.96. The number of hydrogen-bond acceptors (Lipinski definition) is 4. The molecule has 0 N–H and O–H groups in total. The molecule has 0 amide bonds. The fourth-order valence-corrected chi connectivity index (χ4v) is 1.27. The van der Waals surface area contributed by atoms with Crippen molar-refractivity contribution in [3.05, 3.63) is 21.6 Å². The Morgan fingerprint density at radius 3 is 2.87 bits per heavy atom. The number of Topliss-reactive ketones (excluding diaryl/α,β-unsaturated/α-hetero) is 1. The minimum atomic E-state index is -0.621. The standard InChI is InChI=1S/C8H10ClN3O3/c1-2-6(13)3-4-11-5-7(12(14)15)10-8(11)9/h5H,2-4H2,1H3. The third-order valence-electron chi connectivity index (χ3n) is 1.93. The minimum absolute atomic E-state index is 0.0330. The lowest BCUT2D eigenvalue weighted by Gasteiger charge is -1.98. The lowest BCUT2D eigenvalue weighted by molar-refractivity contribution is -0.389. The highest BCUT2D eigenvalue weighted by Crippen LogP contribution is 2.15. The van der Waals surface area contributed by atoms with Gasteiger partial charge < -0.3 is 10.1 Å². The monoisotopic (exact) mass is 231 g/mol. The van der Waals surface area contributed by atoms with Gasteiger partial charge in [0.15, 0.2) is 0 Å². The van der Waals surface area contributed by atoms with E-state index in [4.69, 9.17) is 11.6 Å². The van der Waals surface area contributed by atoms with E-state index in [0.29, 0.717) is 19.4 Å². The van der Waals surface area contributed by atoms with E-state index in [2.05, 4.69) is 4.98 Å². The van der Waals surface area contributed by atoms with E-state index in [1.54, 1.807) is 6.92 Å². The summed E-state index contributed by atoms with van der Waals surface area (Å²) in [6.45, 7) is 2.09. The third kappa shape index (κ3) is 3.02. The molecule has 7 heteroatoms. The highest BCUT2D eigenvalue weighted by molar-refractivity contribution is 6.28. The van der Waals surface area contributed by atoms with Gasteiger partial charge in [-0.05, 0) is 21.5 Å². The smallest absolute Gasteiger partial charge is 0.358 e. The maximum absolute atomic E-state index is 11.0. The van der Waals surface area contributed by atoms with Crippen LogP contribution in [0.5, 0.6) is 0 Å². The molecule has 0 saturated heterocycles. The summed E-state index contributed by atoms with van der Waals surface area (Å²) < 4.78 is 1.40. The Morgan fingerprint density at radius 1 is 1.73 bits per heavy atom. The molecule has 1 heterocycles. The van der Waals surface area contributed by atoms with Crippen LogP contribution in [0.2, 0.25) is 5.28 Å². The SMILES string of the molecule is CCC(=O)CCn1cc([N+](=O)[O-])nc1Cl. The molecule has 0 fully saturated rings. The quantitative estimate of drug-likeness (QED) is 0.572. The predicted octanol–water partition coefficient (Wildman–Crippen LogP) is 1.81. The average Bonchev–Trinajstić information content (AvgIpc) is 2.56. The van der Waals surface area contributed by atoms with Crippen molar-refractivity contribution in [2.24, 2.45) is 0 Å². The first-order valence-corrected chi connectivity index (χ1v) is 4.81. The molecule has 0 aromatic carbocycles.